The zero-order valence-electron chi connectivity index (χ0n) is 10.4. The summed E-state index contributed by atoms with van der Waals surface area (Å²) in [5, 5.41) is 3.60. The Morgan fingerprint density at radius 1 is 1.47 bits per heavy atom. The minimum Gasteiger partial charge on any atom is -0.378 e. The SMILES string of the molecule is CC(NCC1CCOC1C)c1ccccc1Br. The van der Waals surface area contributed by atoms with Crippen LogP contribution in [0.5, 0.6) is 0 Å². The third-order valence-corrected chi connectivity index (χ3v) is 4.31. The van der Waals surface area contributed by atoms with Crippen LogP contribution >= 0.6 is 15.9 Å². The van der Waals surface area contributed by atoms with Gasteiger partial charge in [0, 0.05) is 23.7 Å². The first kappa shape index (κ1) is 13.1. The van der Waals surface area contributed by atoms with Gasteiger partial charge in [0.15, 0.2) is 0 Å². The van der Waals surface area contributed by atoms with E-state index in [0.29, 0.717) is 18.1 Å². The van der Waals surface area contributed by atoms with Gasteiger partial charge in [0.2, 0.25) is 0 Å². The second-order valence-electron chi connectivity index (χ2n) is 4.78. The van der Waals surface area contributed by atoms with Gasteiger partial charge in [0.05, 0.1) is 6.10 Å². The molecule has 3 atom stereocenters. The van der Waals surface area contributed by atoms with Crippen molar-refractivity contribution in [2.75, 3.05) is 13.2 Å². The molecule has 0 amide bonds. The molecule has 1 N–H and O–H groups in total. The zero-order valence-corrected chi connectivity index (χ0v) is 12.0. The van der Waals surface area contributed by atoms with Crippen molar-refractivity contribution < 1.29 is 4.74 Å². The van der Waals surface area contributed by atoms with E-state index in [0.717, 1.165) is 13.2 Å². The van der Waals surface area contributed by atoms with E-state index in [4.69, 9.17) is 4.74 Å². The van der Waals surface area contributed by atoms with Crippen LogP contribution in [0.4, 0.5) is 0 Å². The van der Waals surface area contributed by atoms with Crippen molar-refractivity contribution in [3.05, 3.63) is 34.3 Å². The molecule has 1 aliphatic rings. The third kappa shape index (κ3) is 3.30. The molecule has 0 bridgehead atoms. The van der Waals surface area contributed by atoms with Gasteiger partial charge in [-0.2, -0.15) is 0 Å². The lowest BCUT2D eigenvalue weighted by molar-refractivity contribution is 0.105. The Morgan fingerprint density at radius 2 is 2.24 bits per heavy atom. The molecule has 1 heterocycles. The molecule has 0 radical (unpaired) electrons. The topological polar surface area (TPSA) is 21.3 Å². The minimum atomic E-state index is 0.373. The highest BCUT2D eigenvalue weighted by Gasteiger charge is 2.24. The molecule has 0 aliphatic carbocycles. The number of hydrogen-bond acceptors (Lipinski definition) is 2. The van der Waals surface area contributed by atoms with Crippen molar-refractivity contribution >= 4 is 15.9 Å². The molecular weight excluding hydrogens is 278 g/mol. The first-order valence-corrected chi connectivity index (χ1v) is 7.07. The molecule has 3 heteroatoms. The van der Waals surface area contributed by atoms with E-state index in [9.17, 15) is 0 Å². The largest absolute Gasteiger partial charge is 0.378 e. The predicted octanol–water partition coefficient (Wildman–Crippen LogP) is 3.52. The van der Waals surface area contributed by atoms with Gasteiger partial charge in [-0.15, -0.1) is 0 Å². The minimum absolute atomic E-state index is 0.373. The van der Waals surface area contributed by atoms with E-state index in [1.807, 2.05) is 6.07 Å². The molecule has 2 rings (SSSR count). The molecule has 1 aromatic rings. The highest BCUT2D eigenvalue weighted by atomic mass is 79.9. The van der Waals surface area contributed by atoms with Gasteiger partial charge in [-0.05, 0) is 37.8 Å². The summed E-state index contributed by atoms with van der Waals surface area (Å²) in [5.41, 5.74) is 1.32. The maximum Gasteiger partial charge on any atom is 0.0588 e. The molecule has 0 spiro atoms. The molecule has 1 aliphatic heterocycles. The average Bonchev–Trinajstić information content (AvgIpc) is 2.72. The maximum atomic E-state index is 5.58. The monoisotopic (exact) mass is 297 g/mol. The molecule has 0 aromatic heterocycles. The summed E-state index contributed by atoms with van der Waals surface area (Å²) in [6.45, 7) is 6.32. The smallest absolute Gasteiger partial charge is 0.0588 e. The fourth-order valence-corrected chi connectivity index (χ4v) is 2.94. The molecule has 94 valence electrons. The Hall–Kier alpha value is -0.380. The summed E-state index contributed by atoms with van der Waals surface area (Å²) in [6, 6.07) is 8.76. The number of benzene rings is 1. The molecule has 17 heavy (non-hydrogen) atoms. The van der Waals surface area contributed by atoms with Crippen LogP contribution in [0.15, 0.2) is 28.7 Å². The number of hydrogen-bond donors (Lipinski definition) is 1. The molecule has 3 unspecified atom stereocenters. The van der Waals surface area contributed by atoms with Crippen LogP contribution < -0.4 is 5.32 Å². The summed E-state index contributed by atoms with van der Waals surface area (Å²) in [6.07, 6.45) is 1.57. The second kappa shape index (κ2) is 5.98. The first-order valence-electron chi connectivity index (χ1n) is 6.28. The van der Waals surface area contributed by atoms with Crippen molar-refractivity contribution in [1.82, 2.24) is 5.32 Å². The molecule has 2 nitrogen and oxygen atoms in total. The Bertz CT molecular complexity index is 369. The summed E-state index contributed by atoms with van der Waals surface area (Å²) >= 11 is 3.60. The fourth-order valence-electron chi connectivity index (χ4n) is 2.31. The Kier molecular flexibility index (Phi) is 4.60. The standard InChI is InChI=1S/C14H20BrNO/c1-10(13-5-3-4-6-14(13)15)16-9-12-7-8-17-11(12)2/h3-6,10-12,16H,7-9H2,1-2H3. The highest BCUT2D eigenvalue weighted by molar-refractivity contribution is 9.10. The van der Waals surface area contributed by atoms with E-state index in [1.54, 1.807) is 0 Å². The van der Waals surface area contributed by atoms with E-state index in [-0.39, 0.29) is 0 Å². The molecule has 1 saturated heterocycles. The molecule has 1 fully saturated rings. The van der Waals surface area contributed by atoms with Crippen LogP contribution in [-0.2, 0) is 4.74 Å². The Morgan fingerprint density at radius 3 is 2.88 bits per heavy atom. The van der Waals surface area contributed by atoms with Crippen LogP contribution in [0, 0.1) is 5.92 Å². The number of rotatable bonds is 4. The van der Waals surface area contributed by atoms with Crippen LogP contribution in [0.25, 0.3) is 0 Å². The predicted molar refractivity (Wildman–Crippen MR) is 74.1 cm³/mol. The van der Waals surface area contributed by atoms with Crippen LogP contribution in [0.3, 0.4) is 0 Å². The Balaban J connectivity index is 1.89. The molecule has 0 saturated carbocycles. The van der Waals surface area contributed by atoms with Crippen molar-refractivity contribution in [3.63, 3.8) is 0 Å². The van der Waals surface area contributed by atoms with Crippen molar-refractivity contribution in [2.24, 2.45) is 5.92 Å². The summed E-state index contributed by atoms with van der Waals surface area (Å²) in [5.74, 6) is 0.653. The number of nitrogens with one attached hydrogen (secondary N) is 1. The lowest BCUT2D eigenvalue weighted by Crippen LogP contribution is -2.29. The Labute approximate surface area is 112 Å². The normalized spacial score (nSPS) is 26.1. The van der Waals surface area contributed by atoms with Crippen LogP contribution in [0.2, 0.25) is 0 Å². The summed E-state index contributed by atoms with van der Waals surface area (Å²) in [7, 11) is 0. The lowest BCUT2D eigenvalue weighted by Gasteiger charge is -2.20. The van der Waals surface area contributed by atoms with E-state index < -0.39 is 0 Å². The molecular formula is C14H20BrNO. The van der Waals surface area contributed by atoms with Crippen LogP contribution in [-0.4, -0.2) is 19.3 Å². The molecule has 1 aromatic carbocycles. The van der Waals surface area contributed by atoms with Gasteiger partial charge in [0.25, 0.3) is 0 Å². The second-order valence-corrected chi connectivity index (χ2v) is 5.63. The summed E-state index contributed by atoms with van der Waals surface area (Å²) < 4.78 is 6.75. The van der Waals surface area contributed by atoms with Gasteiger partial charge in [0.1, 0.15) is 0 Å². The quantitative estimate of drug-likeness (QED) is 0.918. The van der Waals surface area contributed by atoms with Crippen molar-refractivity contribution in [2.45, 2.75) is 32.4 Å². The maximum absolute atomic E-state index is 5.58. The van der Waals surface area contributed by atoms with E-state index >= 15 is 0 Å². The van der Waals surface area contributed by atoms with Gasteiger partial charge >= 0.3 is 0 Å². The fraction of sp³-hybridized carbons (Fsp3) is 0.571. The number of ether oxygens (including phenoxy) is 1. The highest BCUT2D eigenvalue weighted by Crippen LogP contribution is 2.24. The third-order valence-electron chi connectivity index (χ3n) is 3.59. The van der Waals surface area contributed by atoms with Crippen molar-refractivity contribution in [1.29, 1.82) is 0 Å². The van der Waals surface area contributed by atoms with Gasteiger partial charge in [-0.25, -0.2) is 0 Å². The van der Waals surface area contributed by atoms with E-state index in [1.165, 1.54) is 16.5 Å². The van der Waals surface area contributed by atoms with Gasteiger partial charge in [-0.1, -0.05) is 34.1 Å². The summed E-state index contributed by atoms with van der Waals surface area (Å²) in [4.78, 5) is 0. The van der Waals surface area contributed by atoms with Gasteiger partial charge in [-0.3, -0.25) is 0 Å². The zero-order chi connectivity index (χ0) is 12.3. The lowest BCUT2D eigenvalue weighted by atomic mass is 10.0. The average molecular weight is 298 g/mol. The number of halogens is 1. The first-order chi connectivity index (χ1) is 8.18. The van der Waals surface area contributed by atoms with E-state index in [2.05, 4.69) is 53.3 Å². The van der Waals surface area contributed by atoms with Crippen molar-refractivity contribution in [3.8, 4) is 0 Å². The van der Waals surface area contributed by atoms with Gasteiger partial charge < -0.3 is 10.1 Å². The van der Waals surface area contributed by atoms with Crippen LogP contribution in [0.1, 0.15) is 31.9 Å².